The van der Waals surface area contributed by atoms with E-state index in [-0.39, 0.29) is 12.2 Å². The Labute approximate surface area is 67.3 Å². The molecule has 66 valence electrons. The molecule has 2 unspecified atom stereocenters. The summed E-state index contributed by atoms with van der Waals surface area (Å²) in [5.41, 5.74) is 0. The van der Waals surface area contributed by atoms with Crippen LogP contribution in [0.2, 0.25) is 0 Å². The van der Waals surface area contributed by atoms with Crippen LogP contribution in [-0.4, -0.2) is 37.1 Å². The second-order valence-corrected chi connectivity index (χ2v) is 2.99. The summed E-state index contributed by atoms with van der Waals surface area (Å²) in [6.07, 6.45) is 1.74. The van der Waals surface area contributed by atoms with Gasteiger partial charge in [0.2, 0.25) is 0 Å². The first-order valence-electron chi connectivity index (χ1n) is 4.16. The SMILES string of the molecule is CC(O)CCOC1CCOC1. The molecule has 0 spiro atoms. The number of aliphatic hydroxyl groups excluding tert-OH is 1. The van der Waals surface area contributed by atoms with Gasteiger partial charge in [-0.3, -0.25) is 0 Å². The van der Waals surface area contributed by atoms with Gasteiger partial charge in [0, 0.05) is 13.2 Å². The third-order valence-electron chi connectivity index (χ3n) is 1.78. The van der Waals surface area contributed by atoms with Crippen molar-refractivity contribution < 1.29 is 14.6 Å². The molecule has 0 bridgehead atoms. The normalized spacial score (nSPS) is 27.3. The number of hydrogen-bond donors (Lipinski definition) is 1. The fraction of sp³-hybridized carbons (Fsp3) is 1.00. The molecule has 1 fully saturated rings. The second-order valence-electron chi connectivity index (χ2n) is 2.99. The molecule has 0 amide bonds. The first kappa shape index (κ1) is 8.97. The third-order valence-corrected chi connectivity index (χ3v) is 1.78. The summed E-state index contributed by atoms with van der Waals surface area (Å²) in [6.45, 7) is 3.96. The van der Waals surface area contributed by atoms with E-state index in [2.05, 4.69) is 0 Å². The topological polar surface area (TPSA) is 38.7 Å². The minimum absolute atomic E-state index is 0.252. The summed E-state index contributed by atoms with van der Waals surface area (Å²) in [7, 11) is 0. The summed E-state index contributed by atoms with van der Waals surface area (Å²) >= 11 is 0. The average molecular weight is 160 g/mol. The molecule has 1 aliphatic heterocycles. The summed E-state index contributed by atoms with van der Waals surface area (Å²) < 4.78 is 10.6. The fourth-order valence-corrected chi connectivity index (χ4v) is 1.05. The Hall–Kier alpha value is -0.120. The van der Waals surface area contributed by atoms with Crippen molar-refractivity contribution in [3.05, 3.63) is 0 Å². The zero-order valence-corrected chi connectivity index (χ0v) is 6.95. The van der Waals surface area contributed by atoms with E-state index in [0.29, 0.717) is 6.61 Å². The van der Waals surface area contributed by atoms with Gasteiger partial charge in [0.1, 0.15) is 0 Å². The highest BCUT2D eigenvalue weighted by molar-refractivity contribution is 4.62. The smallest absolute Gasteiger partial charge is 0.0830 e. The van der Waals surface area contributed by atoms with Crippen LogP contribution in [0.15, 0.2) is 0 Å². The number of hydrogen-bond acceptors (Lipinski definition) is 3. The van der Waals surface area contributed by atoms with Crippen molar-refractivity contribution in [3.63, 3.8) is 0 Å². The minimum atomic E-state index is -0.252. The van der Waals surface area contributed by atoms with Gasteiger partial charge in [-0.25, -0.2) is 0 Å². The van der Waals surface area contributed by atoms with Gasteiger partial charge in [-0.1, -0.05) is 0 Å². The molecule has 0 saturated carbocycles. The molecule has 0 radical (unpaired) electrons. The van der Waals surface area contributed by atoms with E-state index in [9.17, 15) is 0 Å². The van der Waals surface area contributed by atoms with Gasteiger partial charge in [0.15, 0.2) is 0 Å². The quantitative estimate of drug-likeness (QED) is 0.653. The van der Waals surface area contributed by atoms with Gasteiger partial charge >= 0.3 is 0 Å². The maximum Gasteiger partial charge on any atom is 0.0830 e. The lowest BCUT2D eigenvalue weighted by atomic mass is 10.3. The van der Waals surface area contributed by atoms with E-state index in [0.717, 1.165) is 26.1 Å². The van der Waals surface area contributed by atoms with E-state index in [4.69, 9.17) is 14.6 Å². The van der Waals surface area contributed by atoms with Crippen molar-refractivity contribution in [1.29, 1.82) is 0 Å². The van der Waals surface area contributed by atoms with Crippen LogP contribution in [-0.2, 0) is 9.47 Å². The molecule has 0 aromatic rings. The Bertz CT molecular complexity index is 97.5. The van der Waals surface area contributed by atoms with Crippen molar-refractivity contribution in [3.8, 4) is 0 Å². The zero-order valence-electron chi connectivity index (χ0n) is 6.95. The van der Waals surface area contributed by atoms with Crippen molar-refractivity contribution in [2.24, 2.45) is 0 Å². The van der Waals surface area contributed by atoms with Crippen LogP contribution in [0.25, 0.3) is 0 Å². The fourth-order valence-electron chi connectivity index (χ4n) is 1.05. The Balaban J connectivity index is 1.94. The van der Waals surface area contributed by atoms with Gasteiger partial charge < -0.3 is 14.6 Å². The molecule has 1 saturated heterocycles. The first-order chi connectivity index (χ1) is 5.29. The largest absolute Gasteiger partial charge is 0.393 e. The van der Waals surface area contributed by atoms with Crippen molar-refractivity contribution >= 4 is 0 Å². The van der Waals surface area contributed by atoms with Crippen molar-refractivity contribution in [2.75, 3.05) is 19.8 Å². The van der Waals surface area contributed by atoms with Gasteiger partial charge in [-0.15, -0.1) is 0 Å². The average Bonchev–Trinajstić information content (AvgIpc) is 2.39. The molecule has 0 aromatic heterocycles. The van der Waals surface area contributed by atoms with E-state index < -0.39 is 0 Å². The van der Waals surface area contributed by atoms with Gasteiger partial charge in [0.05, 0.1) is 18.8 Å². The Morgan fingerprint density at radius 3 is 3.09 bits per heavy atom. The maximum atomic E-state index is 8.92. The van der Waals surface area contributed by atoms with E-state index in [1.54, 1.807) is 6.92 Å². The first-order valence-corrected chi connectivity index (χ1v) is 4.16. The Kier molecular flexibility index (Phi) is 3.83. The Morgan fingerprint density at radius 1 is 1.73 bits per heavy atom. The van der Waals surface area contributed by atoms with E-state index in [1.807, 2.05) is 0 Å². The van der Waals surface area contributed by atoms with Crippen LogP contribution in [0.1, 0.15) is 19.8 Å². The molecule has 1 aliphatic rings. The molecular weight excluding hydrogens is 144 g/mol. The molecular formula is C8H16O3. The predicted molar refractivity (Wildman–Crippen MR) is 41.5 cm³/mol. The van der Waals surface area contributed by atoms with Gasteiger partial charge in [-0.05, 0) is 19.8 Å². The van der Waals surface area contributed by atoms with Gasteiger partial charge in [-0.2, -0.15) is 0 Å². The Morgan fingerprint density at radius 2 is 2.55 bits per heavy atom. The molecule has 0 aromatic carbocycles. The highest BCUT2D eigenvalue weighted by Crippen LogP contribution is 2.08. The van der Waals surface area contributed by atoms with Crippen LogP contribution in [0.5, 0.6) is 0 Å². The van der Waals surface area contributed by atoms with Crippen LogP contribution < -0.4 is 0 Å². The molecule has 1 heterocycles. The predicted octanol–water partition coefficient (Wildman–Crippen LogP) is 0.563. The molecule has 11 heavy (non-hydrogen) atoms. The van der Waals surface area contributed by atoms with Crippen molar-refractivity contribution in [1.82, 2.24) is 0 Å². The molecule has 1 rings (SSSR count). The van der Waals surface area contributed by atoms with Crippen LogP contribution >= 0.6 is 0 Å². The van der Waals surface area contributed by atoms with Gasteiger partial charge in [0.25, 0.3) is 0 Å². The number of aliphatic hydroxyl groups is 1. The highest BCUT2D eigenvalue weighted by atomic mass is 16.5. The van der Waals surface area contributed by atoms with Crippen molar-refractivity contribution in [2.45, 2.75) is 32.0 Å². The maximum absolute atomic E-state index is 8.92. The van der Waals surface area contributed by atoms with Crippen LogP contribution in [0.4, 0.5) is 0 Å². The number of ether oxygens (including phenoxy) is 2. The molecule has 1 N–H and O–H groups in total. The van der Waals surface area contributed by atoms with E-state index >= 15 is 0 Å². The molecule has 0 aliphatic carbocycles. The minimum Gasteiger partial charge on any atom is -0.393 e. The number of rotatable bonds is 4. The van der Waals surface area contributed by atoms with Crippen LogP contribution in [0.3, 0.4) is 0 Å². The van der Waals surface area contributed by atoms with Crippen LogP contribution in [0, 0.1) is 0 Å². The van der Waals surface area contributed by atoms with E-state index in [1.165, 1.54) is 0 Å². The molecule has 3 nitrogen and oxygen atoms in total. The lowest BCUT2D eigenvalue weighted by Gasteiger charge is -2.10. The molecule has 3 heteroatoms. The highest BCUT2D eigenvalue weighted by Gasteiger charge is 2.15. The molecule has 2 atom stereocenters. The lowest BCUT2D eigenvalue weighted by molar-refractivity contribution is 0.0249. The standard InChI is InChI=1S/C8H16O3/c1-7(9)2-5-11-8-3-4-10-6-8/h7-9H,2-6H2,1H3. The third kappa shape index (κ3) is 3.70. The summed E-state index contributed by atoms with van der Waals surface area (Å²) in [5, 5.41) is 8.92. The summed E-state index contributed by atoms with van der Waals surface area (Å²) in [4.78, 5) is 0. The second kappa shape index (κ2) is 4.70. The summed E-state index contributed by atoms with van der Waals surface area (Å²) in [6, 6.07) is 0. The monoisotopic (exact) mass is 160 g/mol. The summed E-state index contributed by atoms with van der Waals surface area (Å²) in [5.74, 6) is 0. The lowest BCUT2D eigenvalue weighted by Crippen LogP contribution is -2.15. The zero-order chi connectivity index (χ0) is 8.10.